The first-order valence-corrected chi connectivity index (χ1v) is 17.0. The average Bonchev–Trinajstić information content (AvgIpc) is 2.87. The zero-order valence-corrected chi connectivity index (χ0v) is 23.5. The van der Waals surface area contributed by atoms with Gasteiger partial charge >= 0.3 is 6.18 Å². The Hall–Kier alpha value is -1.76. The minimum atomic E-state index is -4.86. The third-order valence-electron chi connectivity index (χ3n) is 9.11. The van der Waals surface area contributed by atoms with Gasteiger partial charge in [-0.2, -0.15) is 13.2 Å². The van der Waals surface area contributed by atoms with E-state index in [1.807, 2.05) is 0 Å². The Bertz CT molecular complexity index is 1030. The van der Waals surface area contributed by atoms with E-state index in [0.29, 0.717) is 23.6 Å². The summed E-state index contributed by atoms with van der Waals surface area (Å²) in [6, 6.07) is 9.13. The van der Waals surface area contributed by atoms with Gasteiger partial charge in [0.05, 0.1) is 11.1 Å². The molecule has 1 saturated heterocycles. The van der Waals surface area contributed by atoms with Crippen LogP contribution in [0.15, 0.2) is 30.3 Å². The van der Waals surface area contributed by atoms with Gasteiger partial charge in [0.1, 0.15) is 17.5 Å². The largest absolute Gasteiger partial charge is 0.419 e. The van der Waals surface area contributed by atoms with E-state index in [9.17, 15) is 26.3 Å². The Morgan fingerprint density at radius 1 is 0.763 bits per heavy atom. The Morgan fingerprint density at radius 3 is 1.92 bits per heavy atom. The Morgan fingerprint density at radius 2 is 1.37 bits per heavy atom. The lowest BCUT2D eigenvalue weighted by Crippen LogP contribution is -2.22. The van der Waals surface area contributed by atoms with E-state index in [-0.39, 0.29) is 11.5 Å². The second kappa shape index (κ2) is 13.1. The SMILES string of the molecule is CCCCC[Si@H]1CC[C@H](CC[C@H]2CC[C@H](c3cc(F)c(-c4ccc(C(F)(F)F)c(F)c4)c(F)c3)CC2)CC1. The molecule has 0 N–H and O–H groups in total. The zero-order chi connectivity index (χ0) is 27.3. The van der Waals surface area contributed by atoms with Crippen LogP contribution in [0.1, 0.15) is 94.6 Å². The van der Waals surface area contributed by atoms with E-state index >= 15 is 0 Å². The van der Waals surface area contributed by atoms with Crippen molar-refractivity contribution < 1.29 is 26.3 Å². The highest BCUT2D eigenvalue weighted by Crippen LogP contribution is 2.41. The summed E-state index contributed by atoms with van der Waals surface area (Å²) in [5.74, 6) is -1.65. The fraction of sp³-hybridized carbons (Fsp3) is 0.613. The maximum Gasteiger partial charge on any atom is 0.419 e. The molecule has 0 radical (unpaired) electrons. The van der Waals surface area contributed by atoms with Crippen LogP contribution in [0.2, 0.25) is 18.1 Å². The molecule has 0 aromatic heterocycles. The van der Waals surface area contributed by atoms with Crippen LogP contribution >= 0.6 is 0 Å². The highest BCUT2D eigenvalue weighted by molar-refractivity contribution is 6.58. The summed E-state index contributed by atoms with van der Waals surface area (Å²) in [7, 11) is -0.468. The molecule has 0 spiro atoms. The number of hydrogen-bond acceptors (Lipinski definition) is 0. The first-order valence-electron chi connectivity index (χ1n) is 14.5. The molecule has 2 aromatic rings. The molecular formula is C31H40F6Si. The van der Waals surface area contributed by atoms with Crippen molar-refractivity contribution in [3.05, 3.63) is 58.9 Å². The van der Waals surface area contributed by atoms with Gasteiger partial charge in [-0.1, -0.05) is 76.1 Å². The van der Waals surface area contributed by atoms with Crippen LogP contribution in [0.3, 0.4) is 0 Å². The molecule has 1 saturated carbocycles. The van der Waals surface area contributed by atoms with E-state index in [1.165, 1.54) is 75.2 Å². The lowest BCUT2D eigenvalue weighted by molar-refractivity contribution is -0.139. The first-order chi connectivity index (χ1) is 18.2. The van der Waals surface area contributed by atoms with Crippen LogP contribution in [-0.4, -0.2) is 8.80 Å². The van der Waals surface area contributed by atoms with E-state index in [4.69, 9.17) is 0 Å². The Balaban J connectivity index is 1.28. The number of unbranched alkanes of at least 4 members (excludes halogenated alkanes) is 2. The van der Waals surface area contributed by atoms with E-state index in [2.05, 4.69) is 6.92 Å². The number of alkyl halides is 3. The minimum Gasteiger partial charge on any atom is -0.206 e. The van der Waals surface area contributed by atoms with Crippen molar-refractivity contribution in [2.45, 2.75) is 108 Å². The Kier molecular flexibility index (Phi) is 10.0. The average molecular weight is 555 g/mol. The van der Waals surface area contributed by atoms with Gasteiger partial charge in [-0.3, -0.25) is 0 Å². The van der Waals surface area contributed by atoms with Gasteiger partial charge in [0.2, 0.25) is 0 Å². The molecule has 0 nitrogen and oxygen atoms in total. The maximum absolute atomic E-state index is 15.0. The zero-order valence-electron chi connectivity index (χ0n) is 22.4. The van der Waals surface area contributed by atoms with Crippen LogP contribution in [0.5, 0.6) is 0 Å². The molecule has 4 rings (SSSR count). The smallest absolute Gasteiger partial charge is 0.206 e. The van der Waals surface area contributed by atoms with Crippen LogP contribution in [0, 0.1) is 29.3 Å². The first kappa shape index (κ1) is 29.2. The summed E-state index contributed by atoms with van der Waals surface area (Å²) in [4.78, 5) is 0. The number of halogens is 6. The standard InChI is InChI=1S/C31H40F6Si/c1-2-3-4-15-38-16-13-22(14-17-38)6-5-21-7-9-23(10-8-21)25-19-28(33)30(29(34)20-25)24-11-12-26(27(32)18-24)31(35,36)37/h11-12,18-23,38H,2-10,13-17H2,1H3/t21-,22-,23-,38-. The molecule has 38 heavy (non-hydrogen) atoms. The van der Waals surface area contributed by atoms with E-state index < -0.39 is 43.6 Å². The van der Waals surface area contributed by atoms with Crippen molar-refractivity contribution >= 4 is 8.80 Å². The van der Waals surface area contributed by atoms with Crippen molar-refractivity contribution in [1.82, 2.24) is 0 Å². The minimum absolute atomic E-state index is 0.0678. The fourth-order valence-electron chi connectivity index (χ4n) is 6.75. The fourth-order valence-corrected chi connectivity index (χ4v) is 10.4. The summed E-state index contributed by atoms with van der Waals surface area (Å²) < 4.78 is 82.4. The molecule has 1 heterocycles. The molecule has 210 valence electrons. The lowest BCUT2D eigenvalue weighted by Gasteiger charge is -2.32. The van der Waals surface area contributed by atoms with E-state index in [0.717, 1.165) is 37.7 Å². The highest BCUT2D eigenvalue weighted by Gasteiger charge is 2.34. The molecule has 1 aliphatic carbocycles. The van der Waals surface area contributed by atoms with E-state index in [1.54, 1.807) is 0 Å². The van der Waals surface area contributed by atoms with Gasteiger partial charge in [-0.05, 0) is 78.8 Å². The number of hydrogen-bond donors (Lipinski definition) is 0. The van der Waals surface area contributed by atoms with Crippen LogP contribution in [0.4, 0.5) is 26.3 Å². The Labute approximate surface area is 224 Å². The van der Waals surface area contributed by atoms with Crippen molar-refractivity contribution in [3.8, 4) is 11.1 Å². The molecule has 0 atom stereocenters. The molecule has 1 aliphatic heterocycles. The summed E-state index contributed by atoms with van der Waals surface area (Å²) in [5.41, 5.74) is -1.59. The van der Waals surface area contributed by atoms with Crippen molar-refractivity contribution in [3.63, 3.8) is 0 Å². The monoisotopic (exact) mass is 554 g/mol. The quantitative estimate of drug-likeness (QED) is 0.164. The van der Waals surface area contributed by atoms with Crippen LogP contribution in [0.25, 0.3) is 11.1 Å². The second-order valence-electron chi connectivity index (χ2n) is 11.7. The predicted molar refractivity (Wildman–Crippen MR) is 145 cm³/mol. The molecule has 7 heteroatoms. The topological polar surface area (TPSA) is 0 Å². The predicted octanol–water partition coefficient (Wildman–Crippen LogP) is 10.7. The molecule has 2 aliphatic rings. The number of benzene rings is 2. The maximum atomic E-state index is 15.0. The van der Waals surface area contributed by atoms with Gasteiger partial charge in [-0.15, -0.1) is 0 Å². The summed E-state index contributed by atoms with van der Waals surface area (Å²) in [5, 5.41) is 0. The third-order valence-corrected chi connectivity index (χ3v) is 12.6. The lowest BCUT2D eigenvalue weighted by atomic mass is 9.76. The van der Waals surface area contributed by atoms with Gasteiger partial charge in [-0.25, -0.2) is 13.2 Å². The summed E-state index contributed by atoms with van der Waals surface area (Å²) in [6.45, 7) is 2.27. The van der Waals surface area contributed by atoms with Gasteiger partial charge in [0.15, 0.2) is 0 Å². The molecular weight excluding hydrogens is 514 g/mol. The normalized spacial score (nSPS) is 24.5. The molecule has 2 fully saturated rings. The second-order valence-corrected chi connectivity index (χ2v) is 15.2. The molecule has 0 unspecified atom stereocenters. The summed E-state index contributed by atoms with van der Waals surface area (Å²) >= 11 is 0. The van der Waals surface area contributed by atoms with Crippen molar-refractivity contribution in [2.75, 3.05) is 0 Å². The summed E-state index contributed by atoms with van der Waals surface area (Å²) in [6.07, 6.45) is 8.56. The van der Waals surface area contributed by atoms with Gasteiger partial charge in [0.25, 0.3) is 0 Å². The molecule has 0 amide bonds. The number of rotatable bonds is 9. The van der Waals surface area contributed by atoms with Crippen molar-refractivity contribution in [2.24, 2.45) is 11.8 Å². The highest BCUT2D eigenvalue weighted by atomic mass is 28.3. The van der Waals surface area contributed by atoms with Crippen molar-refractivity contribution in [1.29, 1.82) is 0 Å². The van der Waals surface area contributed by atoms with Gasteiger partial charge in [0, 0.05) is 8.80 Å². The molecule has 2 aromatic carbocycles. The van der Waals surface area contributed by atoms with Crippen LogP contribution in [-0.2, 0) is 6.18 Å². The van der Waals surface area contributed by atoms with Gasteiger partial charge < -0.3 is 0 Å². The van der Waals surface area contributed by atoms with Crippen LogP contribution < -0.4 is 0 Å². The molecule has 0 bridgehead atoms. The third kappa shape index (κ3) is 7.45.